The Morgan fingerprint density at radius 1 is 1.67 bits per heavy atom. The summed E-state index contributed by atoms with van der Waals surface area (Å²) in [5.74, 6) is 0.166. The van der Waals surface area contributed by atoms with Crippen LogP contribution in [0.25, 0.3) is 0 Å². The smallest absolute Gasteiger partial charge is 0.0624 e. The minimum atomic E-state index is -0.233. The van der Waals surface area contributed by atoms with E-state index in [4.69, 9.17) is 10.5 Å². The Labute approximate surface area is 54.8 Å². The molecule has 3 heteroatoms. The van der Waals surface area contributed by atoms with E-state index in [1.807, 2.05) is 0 Å². The molecular formula is C6H13NO2. The van der Waals surface area contributed by atoms with Crippen molar-refractivity contribution in [2.24, 2.45) is 11.7 Å². The monoisotopic (exact) mass is 131 g/mol. The van der Waals surface area contributed by atoms with Crippen molar-refractivity contribution >= 4 is 0 Å². The summed E-state index contributed by atoms with van der Waals surface area (Å²) in [5.41, 5.74) is 5.35. The third kappa shape index (κ3) is 1.64. The van der Waals surface area contributed by atoms with Gasteiger partial charge in [0.05, 0.1) is 12.7 Å². The summed E-state index contributed by atoms with van der Waals surface area (Å²) >= 11 is 0. The van der Waals surface area contributed by atoms with Crippen molar-refractivity contribution in [3.8, 4) is 0 Å². The molecule has 1 aliphatic rings. The Balaban J connectivity index is 2.30. The highest BCUT2D eigenvalue weighted by atomic mass is 16.5. The van der Waals surface area contributed by atoms with E-state index in [0.29, 0.717) is 19.8 Å². The van der Waals surface area contributed by atoms with Crippen molar-refractivity contribution < 1.29 is 9.84 Å². The summed E-state index contributed by atoms with van der Waals surface area (Å²) in [4.78, 5) is 0. The second-order valence-corrected chi connectivity index (χ2v) is 2.43. The molecule has 0 radical (unpaired) electrons. The summed E-state index contributed by atoms with van der Waals surface area (Å²) in [6.07, 6.45) is 0.505. The van der Waals surface area contributed by atoms with Crippen molar-refractivity contribution in [1.82, 2.24) is 0 Å². The van der Waals surface area contributed by atoms with E-state index in [0.717, 1.165) is 6.42 Å². The Kier molecular flexibility index (Phi) is 2.45. The maximum atomic E-state index is 9.21. The second-order valence-electron chi connectivity index (χ2n) is 2.43. The highest BCUT2D eigenvalue weighted by molar-refractivity contribution is 4.72. The first-order chi connectivity index (χ1) is 4.34. The molecule has 3 nitrogen and oxygen atoms in total. The maximum Gasteiger partial charge on any atom is 0.0624 e. The lowest BCUT2D eigenvalue weighted by atomic mass is 9.99. The first-order valence-electron chi connectivity index (χ1n) is 3.30. The predicted molar refractivity (Wildman–Crippen MR) is 34.0 cm³/mol. The van der Waals surface area contributed by atoms with E-state index in [1.165, 1.54) is 0 Å². The van der Waals surface area contributed by atoms with Gasteiger partial charge in [-0.05, 0) is 13.0 Å². The van der Waals surface area contributed by atoms with E-state index in [-0.39, 0.29) is 12.0 Å². The Bertz CT molecular complexity index is 87.1. The van der Waals surface area contributed by atoms with E-state index < -0.39 is 0 Å². The predicted octanol–water partition coefficient (Wildman–Crippen LogP) is -0.658. The summed E-state index contributed by atoms with van der Waals surface area (Å²) in [7, 11) is 0. The number of rotatable bonds is 1. The fraction of sp³-hybridized carbons (Fsp3) is 1.00. The molecule has 1 heterocycles. The molecule has 0 aliphatic carbocycles. The molecule has 0 spiro atoms. The van der Waals surface area contributed by atoms with Crippen LogP contribution < -0.4 is 5.73 Å². The zero-order chi connectivity index (χ0) is 6.69. The minimum Gasteiger partial charge on any atom is -0.393 e. The first kappa shape index (κ1) is 6.99. The van der Waals surface area contributed by atoms with Gasteiger partial charge >= 0.3 is 0 Å². The summed E-state index contributed by atoms with van der Waals surface area (Å²) < 4.78 is 5.10. The van der Waals surface area contributed by atoms with Crippen LogP contribution in [0.5, 0.6) is 0 Å². The van der Waals surface area contributed by atoms with Crippen LogP contribution in [0.15, 0.2) is 0 Å². The van der Waals surface area contributed by atoms with Crippen molar-refractivity contribution in [2.45, 2.75) is 12.5 Å². The van der Waals surface area contributed by atoms with Gasteiger partial charge < -0.3 is 15.6 Å². The van der Waals surface area contributed by atoms with Gasteiger partial charge in [-0.1, -0.05) is 0 Å². The Morgan fingerprint density at radius 2 is 2.44 bits per heavy atom. The molecule has 0 aromatic heterocycles. The highest BCUT2D eigenvalue weighted by Crippen LogP contribution is 2.12. The van der Waals surface area contributed by atoms with Crippen LogP contribution in [0.2, 0.25) is 0 Å². The molecule has 1 rings (SSSR count). The molecule has 0 aromatic carbocycles. The zero-order valence-corrected chi connectivity index (χ0v) is 5.42. The first-order valence-corrected chi connectivity index (χ1v) is 3.30. The number of hydrogen-bond donors (Lipinski definition) is 2. The largest absolute Gasteiger partial charge is 0.393 e. The highest BCUT2D eigenvalue weighted by Gasteiger charge is 2.21. The third-order valence-corrected chi connectivity index (χ3v) is 1.74. The molecule has 54 valence electrons. The van der Waals surface area contributed by atoms with Crippen LogP contribution in [0.1, 0.15) is 6.42 Å². The molecule has 0 unspecified atom stereocenters. The normalized spacial score (nSPS) is 36.7. The van der Waals surface area contributed by atoms with Gasteiger partial charge in [-0.15, -0.1) is 0 Å². The van der Waals surface area contributed by atoms with Gasteiger partial charge in [0.25, 0.3) is 0 Å². The number of hydrogen-bond acceptors (Lipinski definition) is 3. The van der Waals surface area contributed by atoms with Crippen molar-refractivity contribution in [3.63, 3.8) is 0 Å². The van der Waals surface area contributed by atoms with Gasteiger partial charge in [0.2, 0.25) is 0 Å². The lowest BCUT2D eigenvalue weighted by Crippen LogP contribution is -2.36. The van der Waals surface area contributed by atoms with E-state index in [9.17, 15) is 5.11 Å². The quantitative estimate of drug-likeness (QED) is 0.497. The molecule has 2 atom stereocenters. The number of aliphatic hydroxyl groups is 1. The van der Waals surface area contributed by atoms with E-state index in [1.54, 1.807) is 0 Å². The third-order valence-electron chi connectivity index (χ3n) is 1.74. The zero-order valence-electron chi connectivity index (χ0n) is 5.42. The molecule has 0 bridgehead atoms. The van der Waals surface area contributed by atoms with Gasteiger partial charge in [0.15, 0.2) is 0 Å². The number of ether oxygens (including phenoxy) is 1. The fourth-order valence-corrected chi connectivity index (χ4v) is 1.01. The molecule has 0 aromatic rings. The summed E-state index contributed by atoms with van der Waals surface area (Å²) in [6, 6.07) is 0. The van der Waals surface area contributed by atoms with E-state index >= 15 is 0 Å². The van der Waals surface area contributed by atoms with Gasteiger partial charge in [0.1, 0.15) is 0 Å². The molecule has 1 aliphatic heterocycles. The maximum absolute atomic E-state index is 9.21. The molecule has 0 amide bonds. The van der Waals surface area contributed by atoms with Gasteiger partial charge in [0, 0.05) is 12.5 Å². The van der Waals surface area contributed by atoms with Crippen molar-refractivity contribution in [1.29, 1.82) is 0 Å². The van der Waals surface area contributed by atoms with Gasteiger partial charge in [-0.2, -0.15) is 0 Å². The lowest BCUT2D eigenvalue weighted by molar-refractivity contribution is -0.0317. The van der Waals surface area contributed by atoms with Crippen LogP contribution in [-0.4, -0.2) is 31.0 Å². The standard InChI is InChI=1S/C6H13NO2/c7-3-5-4-9-2-1-6(5)8/h5-6,8H,1-4,7H2/t5-,6-/m1/s1. The molecule has 3 N–H and O–H groups in total. The average Bonchev–Trinajstić information content (AvgIpc) is 1.89. The lowest BCUT2D eigenvalue weighted by Gasteiger charge is -2.26. The van der Waals surface area contributed by atoms with Crippen molar-refractivity contribution in [2.75, 3.05) is 19.8 Å². The summed E-state index contributed by atoms with van der Waals surface area (Å²) in [6.45, 7) is 1.83. The van der Waals surface area contributed by atoms with Crippen molar-refractivity contribution in [3.05, 3.63) is 0 Å². The molecule has 0 saturated carbocycles. The molecule has 1 fully saturated rings. The van der Waals surface area contributed by atoms with Gasteiger partial charge in [-0.3, -0.25) is 0 Å². The topological polar surface area (TPSA) is 55.5 Å². The Morgan fingerprint density at radius 3 is 2.89 bits per heavy atom. The SMILES string of the molecule is NC[C@@H]1COCC[C@H]1O. The fourth-order valence-electron chi connectivity index (χ4n) is 1.01. The Hall–Kier alpha value is -0.120. The average molecular weight is 131 g/mol. The molecule has 9 heavy (non-hydrogen) atoms. The molecular weight excluding hydrogens is 118 g/mol. The van der Waals surface area contributed by atoms with Crippen LogP contribution in [0.3, 0.4) is 0 Å². The van der Waals surface area contributed by atoms with Gasteiger partial charge in [-0.25, -0.2) is 0 Å². The van der Waals surface area contributed by atoms with Crippen LogP contribution in [-0.2, 0) is 4.74 Å². The van der Waals surface area contributed by atoms with Crippen LogP contribution in [0, 0.1) is 5.92 Å². The molecule has 1 saturated heterocycles. The second kappa shape index (κ2) is 3.15. The summed E-state index contributed by atoms with van der Waals surface area (Å²) in [5, 5.41) is 9.21. The minimum absolute atomic E-state index is 0.166. The van der Waals surface area contributed by atoms with E-state index in [2.05, 4.69) is 0 Å². The number of nitrogens with two attached hydrogens (primary N) is 1. The van der Waals surface area contributed by atoms with Crippen LogP contribution >= 0.6 is 0 Å². The van der Waals surface area contributed by atoms with Crippen LogP contribution in [0.4, 0.5) is 0 Å². The number of aliphatic hydroxyl groups excluding tert-OH is 1.